The van der Waals surface area contributed by atoms with Gasteiger partial charge in [0.15, 0.2) is 0 Å². The monoisotopic (exact) mass is 186 g/mol. The van der Waals surface area contributed by atoms with Crippen molar-refractivity contribution in [3.8, 4) is 0 Å². The molecular formula is C11H26N2. The van der Waals surface area contributed by atoms with Crippen LogP contribution in [0, 0.1) is 0 Å². The van der Waals surface area contributed by atoms with Crippen molar-refractivity contribution in [2.75, 3.05) is 19.6 Å². The van der Waals surface area contributed by atoms with E-state index in [2.05, 4.69) is 44.8 Å². The second-order valence-electron chi connectivity index (χ2n) is 3.92. The molecule has 0 aliphatic rings. The Bertz CT molecular complexity index is 113. The summed E-state index contributed by atoms with van der Waals surface area (Å²) >= 11 is 0. The largest absolute Gasteiger partial charge is 0.317 e. The molecule has 80 valence electrons. The predicted octanol–water partition coefficient (Wildman–Crippen LogP) is 2.10. The summed E-state index contributed by atoms with van der Waals surface area (Å²) in [6, 6.07) is 1.37. The van der Waals surface area contributed by atoms with Gasteiger partial charge < -0.3 is 5.32 Å². The first-order valence-electron chi connectivity index (χ1n) is 5.59. The number of hydrogen-bond donors (Lipinski definition) is 1. The summed E-state index contributed by atoms with van der Waals surface area (Å²) in [7, 11) is 0. The summed E-state index contributed by atoms with van der Waals surface area (Å²) < 4.78 is 0. The zero-order valence-corrected chi connectivity index (χ0v) is 9.93. The molecule has 0 aliphatic carbocycles. The van der Waals surface area contributed by atoms with Crippen molar-refractivity contribution in [1.29, 1.82) is 0 Å². The van der Waals surface area contributed by atoms with E-state index in [0.717, 1.165) is 19.6 Å². The van der Waals surface area contributed by atoms with Crippen LogP contribution in [0.4, 0.5) is 0 Å². The van der Waals surface area contributed by atoms with Gasteiger partial charge in [0.05, 0.1) is 0 Å². The van der Waals surface area contributed by atoms with Crippen LogP contribution in [0.1, 0.15) is 41.0 Å². The van der Waals surface area contributed by atoms with Gasteiger partial charge in [0.2, 0.25) is 0 Å². The summed E-state index contributed by atoms with van der Waals surface area (Å²) in [6.07, 6.45) is 1.25. The molecule has 1 atom stereocenters. The van der Waals surface area contributed by atoms with Crippen molar-refractivity contribution in [1.82, 2.24) is 10.2 Å². The van der Waals surface area contributed by atoms with E-state index in [-0.39, 0.29) is 0 Å². The summed E-state index contributed by atoms with van der Waals surface area (Å²) in [6.45, 7) is 14.6. The minimum absolute atomic E-state index is 0.668. The Morgan fingerprint density at radius 3 is 2.15 bits per heavy atom. The number of rotatable bonds is 7. The molecule has 0 amide bonds. The third-order valence-electron chi connectivity index (χ3n) is 2.58. The van der Waals surface area contributed by atoms with Crippen LogP contribution in [0.15, 0.2) is 0 Å². The van der Waals surface area contributed by atoms with Crippen molar-refractivity contribution in [3.63, 3.8) is 0 Å². The summed E-state index contributed by atoms with van der Waals surface area (Å²) in [5, 5.41) is 3.37. The van der Waals surface area contributed by atoms with Gasteiger partial charge in [-0.15, -0.1) is 0 Å². The van der Waals surface area contributed by atoms with Crippen LogP contribution >= 0.6 is 0 Å². The number of nitrogens with zero attached hydrogens (tertiary/aromatic N) is 1. The second-order valence-corrected chi connectivity index (χ2v) is 3.92. The lowest BCUT2D eigenvalue weighted by Crippen LogP contribution is -2.40. The van der Waals surface area contributed by atoms with Gasteiger partial charge in [-0.2, -0.15) is 0 Å². The smallest absolute Gasteiger partial charge is 0.00815 e. The molecule has 0 spiro atoms. The fourth-order valence-corrected chi connectivity index (χ4v) is 1.84. The van der Waals surface area contributed by atoms with Crippen molar-refractivity contribution in [2.45, 2.75) is 53.1 Å². The Kier molecular flexibility index (Phi) is 7.29. The van der Waals surface area contributed by atoms with E-state index >= 15 is 0 Å². The highest BCUT2D eigenvalue weighted by Crippen LogP contribution is 2.07. The Morgan fingerprint density at radius 1 is 1.15 bits per heavy atom. The maximum Gasteiger partial charge on any atom is 0.00815 e. The molecule has 0 aromatic rings. The zero-order chi connectivity index (χ0) is 10.3. The minimum Gasteiger partial charge on any atom is -0.317 e. The van der Waals surface area contributed by atoms with E-state index in [9.17, 15) is 0 Å². The van der Waals surface area contributed by atoms with E-state index in [1.807, 2.05) is 0 Å². The highest BCUT2D eigenvalue weighted by Gasteiger charge is 2.13. The topological polar surface area (TPSA) is 15.3 Å². The highest BCUT2D eigenvalue weighted by molar-refractivity contribution is 4.70. The van der Waals surface area contributed by atoms with Gasteiger partial charge in [-0.3, -0.25) is 4.90 Å². The molecular weight excluding hydrogens is 160 g/mol. The van der Waals surface area contributed by atoms with Gasteiger partial charge in [-0.1, -0.05) is 13.8 Å². The maximum atomic E-state index is 3.37. The Hall–Kier alpha value is -0.0800. The molecule has 0 fully saturated rings. The van der Waals surface area contributed by atoms with Crippen LogP contribution in [-0.4, -0.2) is 36.6 Å². The molecule has 0 bridgehead atoms. The number of hydrogen-bond acceptors (Lipinski definition) is 2. The standard InChI is InChI=1S/C11H26N2/c1-6-12-9-8-11(5)13(7-2)10(3)4/h10-12H,6-9H2,1-5H3. The Labute approximate surface area is 83.7 Å². The summed E-state index contributed by atoms with van der Waals surface area (Å²) in [5.74, 6) is 0. The molecule has 0 aromatic heterocycles. The molecule has 13 heavy (non-hydrogen) atoms. The first kappa shape index (κ1) is 12.9. The van der Waals surface area contributed by atoms with Crippen molar-refractivity contribution < 1.29 is 0 Å². The van der Waals surface area contributed by atoms with Gasteiger partial charge in [-0.05, 0) is 46.8 Å². The Balaban J connectivity index is 3.70. The van der Waals surface area contributed by atoms with Gasteiger partial charge in [0.25, 0.3) is 0 Å². The van der Waals surface area contributed by atoms with Crippen LogP contribution in [0.2, 0.25) is 0 Å². The van der Waals surface area contributed by atoms with Crippen LogP contribution in [-0.2, 0) is 0 Å². The molecule has 0 rings (SSSR count). The predicted molar refractivity (Wildman–Crippen MR) is 60.1 cm³/mol. The van der Waals surface area contributed by atoms with Crippen molar-refractivity contribution in [2.24, 2.45) is 0 Å². The summed E-state index contributed by atoms with van der Waals surface area (Å²) in [5.41, 5.74) is 0. The molecule has 0 aliphatic heterocycles. The molecule has 0 saturated heterocycles. The molecule has 1 N–H and O–H groups in total. The molecule has 2 nitrogen and oxygen atoms in total. The van der Waals surface area contributed by atoms with Crippen molar-refractivity contribution >= 4 is 0 Å². The second kappa shape index (κ2) is 7.34. The van der Waals surface area contributed by atoms with E-state index in [4.69, 9.17) is 0 Å². The third kappa shape index (κ3) is 5.27. The molecule has 0 radical (unpaired) electrons. The lowest BCUT2D eigenvalue weighted by Gasteiger charge is -2.31. The quantitative estimate of drug-likeness (QED) is 0.613. The van der Waals surface area contributed by atoms with Crippen LogP contribution in [0.3, 0.4) is 0 Å². The van der Waals surface area contributed by atoms with Crippen LogP contribution in [0.5, 0.6) is 0 Å². The zero-order valence-electron chi connectivity index (χ0n) is 9.93. The fraction of sp³-hybridized carbons (Fsp3) is 1.00. The summed E-state index contributed by atoms with van der Waals surface area (Å²) in [4.78, 5) is 2.54. The SMILES string of the molecule is CCNCCC(C)N(CC)C(C)C. The third-order valence-corrected chi connectivity index (χ3v) is 2.58. The van der Waals surface area contributed by atoms with E-state index in [0.29, 0.717) is 12.1 Å². The molecule has 2 heteroatoms. The first-order valence-corrected chi connectivity index (χ1v) is 5.59. The first-order chi connectivity index (χ1) is 6.13. The maximum absolute atomic E-state index is 3.37. The van der Waals surface area contributed by atoms with Crippen molar-refractivity contribution in [3.05, 3.63) is 0 Å². The average molecular weight is 186 g/mol. The van der Waals surface area contributed by atoms with Crippen LogP contribution < -0.4 is 5.32 Å². The lowest BCUT2D eigenvalue weighted by atomic mass is 10.1. The van der Waals surface area contributed by atoms with Gasteiger partial charge in [-0.25, -0.2) is 0 Å². The van der Waals surface area contributed by atoms with Gasteiger partial charge in [0, 0.05) is 12.1 Å². The Morgan fingerprint density at radius 2 is 1.77 bits per heavy atom. The minimum atomic E-state index is 0.668. The average Bonchev–Trinajstić information content (AvgIpc) is 2.05. The van der Waals surface area contributed by atoms with E-state index < -0.39 is 0 Å². The molecule has 0 aromatic carbocycles. The van der Waals surface area contributed by atoms with E-state index in [1.165, 1.54) is 6.42 Å². The van der Waals surface area contributed by atoms with E-state index in [1.54, 1.807) is 0 Å². The normalized spacial score (nSPS) is 14.1. The molecule has 0 saturated carbocycles. The van der Waals surface area contributed by atoms with Gasteiger partial charge >= 0.3 is 0 Å². The fourth-order valence-electron chi connectivity index (χ4n) is 1.84. The highest BCUT2D eigenvalue weighted by atomic mass is 15.2. The number of nitrogens with one attached hydrogen (secondary N) is 1. The van der Waals surface area contributed by atoms with Gasteiger partial charge in [0.1, 0.15) is 0 Å². The molecule has 1 unspecified atom stereocenters. The van der Waals surface area contributed by atoms with Crippen LogP contribution in [0.25, 0.3) is 0 Å². The molecule has 0 heterocycles. The lowest BCUT2D eigenvalue weighted by molar-refractivity contribution is 0.165.